The molecule has 2 radical (unpaired) electrons. The van der Waals surface area contributed by atoms with Crippen LogP contribution in [0.25, 0.3) is 0 Å². The molecule has 6 heteroatoms. The molecule has 0 N–H and O–H groups in total. The van der Waals surface area contributed by atoms with Gasteiger partial charge in [-0.1, -0.05) is 49.7 Å². The SMILES string of the molecule is [CH2]CCC[C](OOC(=O)c1c(C)cccc1C)OOC(=O)c1c(C)cccc1C. The lowest BCUT2D eigenvalue weighted by Gasteiger charge is -2.15. The third-order valence-electron chi connectivity index (χ3n) is 4.42. The Balaban J connectivity index is 2.00. The van der Waals surface area contributed by atoms with Gasteiger partial charge in [-0.05, 0) is 56.4 Å². The summed E-state index contributed by atoms with van der Waals surface area (Å²) >= 11 is 0. The zero-order valence-corrected chi connectivity index (χ0v) is 17.2. The lowest BCUT2D eigenvalue weighted by Crippen LogP contribution is -2.18. The minimum Gasteiger partial charge on any atom is -0.289 e. The number of hydrogen-bond acceptors (Lipinski definition) is 6. The first-order valence-corrected chi connectivity index (χ1v) is 9.40. The summed E-state index contributed by atoms with van der Waals surface area (Å²) in [6.45, 7) is 11.0. The fourth-order valence-corrected chi connectivity index (χ4v) is 2.89. The van der Waals surface area contributed by atoms with Gasteiger partial charge in [0, 0.05) is 6.42 Å². The summed E-state index contributed by atoms with van der Waals surface area (Å²) in [5.74, 6) is -1.31. The molecule has 0 unspecified atom stereocenters. The molecular weight excluding hydrogens is 372 g/mol. The predicted octanol–water partition coefficient (Wildman–Crippen LogP) is 5.29. The molecule has 0 heterocycles. The van der Waals surface area contributed by atoms with Crippen molar-refractivity contribution in [1.82, 2.24) is 0 Å². The molecule has 0 aromatic heterocycles. The van der Waals surface area contributed by atoms with E-state index in [1.54, 1.807) is 52.0 Å². The monoisotopic (exact) mass is 398 g/mol. The number of benzene rings is 2. The van der Waals surface area contributed by atoms with E-state index in [-0.39, 0.29) is 12.7 Å². The summed E-state index contributed by atoms with van der Waals surface area (Å²) in [5, 5.41) is 0. The van der Waals surface area contributed by atoms with Crippen molar-refractivity contribution in [2.24, 2.45) is 0 Å². The highest BCUT2D eigenvalue weighted by Crippen LogP contribution is 2.21. The van der Waals surface area contributed by atoms with Gasteiger partial charge in [0.15, 0.2) is 0 Å². The molecule has 2 rings (SSSR count). The number of aryl methyl sites for hydroxylation is 4. The van der Waals surface area contributed by atoms with Crippen LogP contribution in [0, 0.1) is 40.9 Å². The lowest BCUT2D eigenvalue weighted by molar-refractivity contribution is -0.363. The molecule has 0 aliphatic carbocycles. The van der Waals surface area contributed by atoms with Crippen molar-refractivity contribution in [3.05, 3.63) is 83.0 Å². The molecule has 0 amide bonds. The second-order valence-corrected chi connectivity index (χ2v) is 6.77. The Morgan fingerprint density at radius 2 is 1.10 bits per heavy atom. The van der Waals surface area contributed by atoms with Crippen LogP contribution < -0.4 is 0 Å². The van der Waals surface area contributed by atoms with Crippen molar-refractivity contribution in [3.8, 4) is 0 Å². The number of carbonyl (C=O) groups excluding carboxylic acids is 2. The van der Waals surface area contributed by atoms with Gasteiger partial charge in [-0.15, -0.1) is 9.78 Å². The van der Waals surface area contributed by atoms with Crippen molar-refractivity contribution >= 4 is 11.9 Å². The highest BCUT2D eigenvalue weighted by molar-refractivity contribution is 5.92. The van der Waals surface area contributed by atoms with Crippen LogP contribution in [-0.4, -0.2) is 11.9 Å². The Kier molecular flexibility index (Phi) is 8.36. The Labute approximate surface area is 171 Å². The van der Waals surface area contributed by atoms with Crippen LogP contribution in [0.1, 0.15) is 62.2 Å². The van der Waals surface area contributed by atoms with Gasteiger partial charge in [-0.25, -0.2) is 9.59 Å². The molecular formula is C23H26O6. The van der Waals surface area contributed by atoms with Crippen LogP contribution in [-0.2, 0) is 19.6 Å². The molecule has 0 spiro atoms. The Hall–Kier alpha value is -2.70. The van der Waals surface area contributed by atoms with Crippen molar-refractivity contribution < 1.29 is 29.1 Å². The molecule has 0 atom stereocenters. The topological polar surface area (TPSA) is 71.1 Å². The average molecular weight is 398 g/mol. The normalized spacial score (nSPS) is 10.8. The maximum absolute atomic E-state index is 12.4. The number of carbonyl (C=O) groups is 2. The molecule has 0 fully saturated rings. The smallest absolute Gasteiger partial charge is 0.289 e. The molecule has 6 nitrogen and oxygen atoms in total. The molecule has 0 aliphatic heterocycles. The van der Waals surface area contributed by atoms with Crippen LogP contribution in [0.15, 0.2) is 36.4 Å². The van der Waals surface area contributed by atoms with Gasteiger partial charge < -0.3 is 0 Å². The summed E-state index contributed by atoms with van der Waals surface area (Å²) in [6, 6.07) is 10.9. The van der Waals surface area contributed by atoms with E-state index in [4.69, 9.17) is 19.6 Å². The minimum absolute atomic E-state index is 0.132. The summed E-state index contributed by atoms with van der Waals surface area (Å²) in [7, 11) is 0. The predicted molar refractivity (Wildman–Crippen MR) is 107 cm³/mol. The fourth-order valence-electron chi connectivity index (χ4n) is 2.89. The minimum atomic E-state index is -0.655. The zero-order valence-electron chi connectivity index (χ0n) is 17.2. The van der Waals surface area contributed by atoms with Gasteiger partial charge in [-0.3, -0.25) is 9.78 Å². The van der Waals surface area contributed by atoms with Crippen molar-refractivity contribution in [1.29, 1.82) is 0 Å². The first-order valence-electron chi connectivity index (χ1n) is 9.40. The first-order chi connectivity index (χ1) is 13.8. The standard InChI is InChI=1S/C23H26O6/c1-6-7-14-19(26-28-22(24)20-15(2)10-8-11-16(20)3)27-29-23(25)21-17(4)12-9-13-18(21)5/h8-13H,1,6-7,14H2,2-5H3. The van der Waals surface area contributed by atoms with Gasteiger partial charge in [0.1, 0.15) is 0 Å². The molecule has 154 valence electrons. The van der Waals surface area contributed by atoms with Crippen molar-refractivity contribution in [2.45, 2.75) is 47.0 Å². The first kappa shape index (κ1) is 22.6. The largest absolute Gasteiger partial charge is 0.373 e. The van der Waals surface area contributed by atoms with Crippen LogP contribution >= 0.6 is 0 Å². The van der Waals surface area contributed by atoms with Crippen molar-refractivity contribution in [2.75, 3.05) is 0 Å². The molecule has 0 aliphatic rings. The van der Waals surface area contributed by atoms with Gasteiger partial charge in [-0.2, -0.15) is 0 Å². The van der Waals surface area contributed by atoms with E-state index in [9.17, 15) is 9.59 Å². The second kappa shape index (κ2) is 10.7. The Morgan fingerprint density at radius 1 is 0.724 bits per heavy atom. The van der Waals surface area contributed by atoms with E-state index >= 15 is 0 Å². The van der Waals surface area contributed by atoms with Crippen LogP contribution in [0.4, 0.5) is 0 Å². The van der Waals surface area contributed by atoms with Gasteiger partial charge in [0.25, 0.3) is 0 Å². The molecule has 0 saturated heterocycles. The molecule has 0 saturated carbocycles. The molecule has 2 aromatic carbocycles. The van der Waals surface area contributed by atoms with Crippen LogP contribution in [0.3, 0.4) is 0 Å². The number of rotatable bonds is 9. The molecule has 29 heavy (non-hydrogen) atoms. The third kappa shape index (κ3) is 6.14. The zero-order chi connectivity index (χ0) is 21.4. The quantitative estimate of drug-likeness (QED) is 0.422. The van der Waals surface area contributed by atoms with E-state index in [0.29, 0.717) is 24.0 Å². The maximum Gasteiger partial charge on any atom is 0.373 e. The van der Waals surface area contributed by atoms with Gasteiger partial charge >= 0.3 is 18.2 Å². The highest BCUT2D eigenvalue weighted by Gasteiger charge is 2.23. The summed E-state index contributed by atoms with van der Waals surface area (Å²) in [6.07, 6.45) is 1.32. The fraction of sp³-hybridized carbons (Fsp3) is 0.304. The summed E-state index contributed by atoms with van der Waals surface area (Å²) in [5.41, 5.74) is 3.88. The van der Waals surface area contributed by atoms with Crippen molar-refractivity contribution in [3.63, 3.8) is 0 Å². The second-order valence-electron chi connectivity index (χ2n) is 6.77. The van der Waals surface area contributed by atoms with Crippen LogP contribution in [0.2, 0.25) is 0 Å². The van der Waals surface area contributed by atoms with E-state index in [1.807, 2.05) is 12.1 Å². The number of hydrogen-bond donors (Lipinski definition) is 0. The van der Waals surface area contributed by atoms with E-state index < -0.39 is 11.9 Å². The lowest BCUT2D eigenvalue weighted by atomic mass is 10.0. The summed E-state index contributed by atoms with van der Waals surface area (Å²) in [4.78, 5) is 44.7. The van der Waals surface area contributed by atoms with E-state index in [2.05, 4.69) is 6.92 Å². The van der Waals surface area contributed by atoms with Crippen LogP contribution in [0.5, 0.6) is 0 Å². The van der Waals surface area contributed by atoms with E-state index in [1.165, 1.54) is 0 Å². The maximum atomic E-state index is 12.4. The van der Waals surface area contributed by atoms with Gasteiger partial charge in [0.2, 0.25) is 0 Å². The molecule has 0 bridgehead atoms. The van der Waals surface area contributed by atoms with Gasteiger partial charge in [0.05, 0.1) is 11.1 Å². The Morgan fingerprint density at radius 3 is 1.45 bits per heavy atom. The average Bonchev–Trinajstić information content (AvgIpc) is 2.67. The van der Waals surface area contributed by atoms with E-state index in [0.717, 1.165) is 22.3 Å². The highest BCUT2D eigenvalue weighted by atomic mass is 17.3. The molecule has 2 aromatic rings. The third-order valence-corrected chi connectivity index (χ3v) is 4.42. The Bertz CT molecular complexity index is 750. The summed E-state index contributed by atoms with van der Waals surface area (Å²) < 4.78 is 0. The number of unbranched alkanes of at least 4 members (excludes halogenated alkanes) is 1.